The molecule has 5 aromatic rings. The summed E-state index contributed by atoms with van der Waals surface area (Å²) in [4.78, 5) is 3.14. The van der Waals surface area contributed by atoms with Crippen molar-refractivity contribution < 1.29 is 52.5 Å². The van der Waals surface area contributed by atoms with Gasteiger partial charge >= 0.3 is 0 Å². The quantitative estimate of drug-likeness (QED) is 0.0347. The third kappa shape index (κ3) is 11.7. The lowest BCUT2D eigenvalue weighted by atomic mass is 9.83. The van der Waals surface area contributed by atoms with E-state index in [9.17, 15) is 10.6 Å². The molecule has 1 N–H and O–H groups in total. The number of aliphatic hydroxyl groups excluding tert-OH is 1. The molecule has 3 fully saturated rings. The van der Waals surface area contributed by atoms with Crippen LogP contribution < -0.4 is 4.74 Å². The Morgan fingerprint density at radius 3 is 1.57 bits per heavy atom. The van der Waals surface area contributed by atoms with E-state index in [2.05, 4.69) is 16.6 Å². The van der Waals surface area contributed by atoms with Gasteiger partial charge in [-0.15, -0.1) is 6.58 Å². The Bertz CT molecular complexity index is 2240. The molecule has 0 amide bonds. The van der Waals surface area contributed by atoms with Crippen LogP contribution in [0.15, 0.2) is 163 Å². The van der Waals surface area contributed by atoms with Gasteiger partial charge in [0.15, 0.2) is 12.6 Å². The molecular weight excluding hydrogens is 831 g/mol. The fraction of sp³-hybridized carbons (Fsp3) is 0.373. The minimum Gasteiger partial charge on any atom is -0.497 e. The first-order chi connectivity index (χ1) is 32.0. The van der Waals surface area contributed by atoms with Crippen molar-refractivity contribution in [2.45, 2.75) is 100.0 Å². The highest BCUT2D eigenvalue weighted by Gasteiger charge is 2.58. The van der Waals surface area contributed by atoms with E-state index in [1.165, 1.54) is 0 Å². The molecule has 1 saturated carbocycles. The number of azide groups is 1. The summed E-state index contributed by atoms with van der Waals surface area (Å²) < 4.78 is 66.1. The minimum atomic E-state index is -1.35. The maximum absolute atomic E-state index is 12.0. The molecule has 0 bridgehead atoms. The topological polar surface area (TPSA) is 161 Å². The van der Waals surface area contributed by atoms with Crippen molar-refractivity contribution in [3.63, 3.8) is 0 Å². The van der Waals surface area contributed by atoms with E-state index < -0.39 is 73.6 Å². The Kier molecular flexibility index (Phi) is 16.4. The molecule has 340 valence electrons. The fourth-order valence-corrected chi connectivity index (χ4v) is 8.43. The van der Waals surface area contributed by atoms with Gasteiger partial charge in [0.25, 0.3) is 0 Å². The molecule has 0 spiro atoms. The monoisotopic (exact) mass is 885 g/mol. The number of benzene rings is 5. The summed E-state index contributed by atoms with van der Waals surface area (Å²) in [5.41, 5.74) is 14.3. The smallest absolute Gasteiger partial charge is 0.184 e. The van der Waals surface area contributed by atoms with Crippen molar-refractivity contribution in [2.24, 2.45) is 5.11 Å². The molecule has 0 aromatic heterocycles. The highest BCUT2D eigenvalue weighted by Crippen LogP contribution is 2.40. The molecular formula is C51H55N3O11. The van der Waals surface area contributed by atoms with Crippen LogP contribution in [0.4, 0.5) is 0 Å². The van der Waals surface area contributed by atoms with E-state index in [1.807, 2.05) is 146 Å². The molecule has 2 aliphatic heterocycles. The highest BCUT2D eigenvalue weighted by atomic mass is 16.8. The van der Waals surface area contributed by atoms with Crippen molar-refractivity contribution in [1.82, 2.24) is 0 Å². The maximum atomic E-state index is 12.0. The summed E-state index contributed by atoms with van der Waals surface area (Å²) in [7, 11) is 1.61. The Morgan fingerprint density at radius 1 is 0.631 bits per heavy atom. The molecule has 2 heterocycles. The lowest BCUT2D eigenvalue weighted by molar-refractivity contribution is -0.366. The number of hydrogen-bond acceptors (Lipinski definition) is 12. The minimum absolute atomic E-state index is 0.0589. The zero-order chi connectivity index (χ0) is 44.8. The molecule has 5 aromatic carbocycles. The third-order valence-electron chi connectivity index (χ3n) is 11.7. The average Bonchev–Trinajstić information content (AvgIpc) is 3.36. The normalized spacial score (nSPS) is 28.6. The van der Waals surface area contributed by atoms with Gasteiger partial charge in [-0.3, -0.25) is 0 Å². The second-order valence-electron chi connectivity index (χ2n) is 16.0. The van der Waals surface area contributed by atoms with Gasteiger partial charge in [0.05, 0.1) is 52.9 Å². The number of fused-ring (bicyclic) bond motifs is 1. The van der Waals surface area contributed by atoms with Crippen LogP contribution in [0.3, 0.4) is 0 Å². The van der Waals surface area contributed by atoms with Crippen LogP contribution >= 0.6 is 0 Å². The lowest BCUT2D eigenvalue weighted by Crippen LogP contribution is -2.69. The van der Waals surface area contributed by atoms with Crippen molar-refractivity contribution in [3.05, 3.63) is 197 Å². The van der Waals surface area contributed by atoms with Crippen LogP contribution in [0.5, 0.6) is 5.75 Å². The fourth-order valence-electron chi connectivity index (χ4n) is 8.43. The SMILES string of the molecule is C=CCO[C@@H]1[C@H](OCc2ccccc2)[C@@H](OCc2ccccc2)[C@H](OCc2ccccc2)[C@@H](O[C@H]2O[C@@H]3COC(c4ccccc4)O[C@H]3[C@H](O)[C@H]2N=[N+]=[N-])[C@@H]1OCc1ccc(OC)cc1. The Balaban J connectivity index is 1.20. The van der Waals surface area contributed by atoms with Gasteiger partial charge in [0, 0.05) is 10.5 Å². The van der Waals surface area contributed by atoms with Crippen LogP contribution in [0.2, 0.25) is 0 Å². The number of hydrogen-bond donors (Lipinski definition) is 1. The van der Waals surface area contributed by atoms with Crippen molar-refractivity contribution in [3.8, 4) is 5.75 Å². The van der Waals surface area contributed by atoms with Gasteiger partial charge in [-0.05, 0) is 39.9 Å². The second-order valence-corrected chi connectivity index (χ2v) is 16.0. The van der Waals surface area contributed by atoms with Crippen LogP contribution in [0.1, 0.15) is 34.1 Å². The predicted octanol–water partition coefficient (Wildman–Crippen LogP) is 8.19. The molecule has 14 heteroatoms. The molecule has 8 rings (SSSR count). The standard InChI is InChI=1S/C51H55N3O11/c1-3-28-57-44-45(58-29-34-16-8-4-9-17-34)46(59-30-35-18-10-5-11-19-35)48(60-31-36-20-12-6-13-21-36)49(47(44)61-32-37-24-26-39(56-2)27-25-37)65-51-41(53-54-52)42(55)43-40(63-51)33-62-50(64-43)38-22-14-7-15-23-38/h3-27,40-51,55H,1,28-33H2,2H3/t40-,41-,42-,43-,44-,45+,46-,47-,48+,49+,50?,51-/m1/s1. The van der Waals surface area contributed by atoms with Gasteiger partial charge in [-0.1, -0.05) is 145 Å². The number of ether oxygens (including phenoxy) is 10. The number of methoxy groups -OCH3 is 1. The maximum Gasteiger partial charge on any atom is 0.184 e. The van der Waals surface area contributed by atoms with Crippen molar-refractivity contribution >= 4 is 0 Å². The van der Waals surface area contributed by atoms with Gasteiger partial charge < -0.3 is 52.5 Å². The second kappa shape index (κ2) is 23.1. The average molecular weight is 886 g/mol. The van der Waals surface area contributed by atoms with Gasteiger partial charge in [0.1, 0.15) is 60.6 Å². The zero-order valence-electron chi connectivity index (χ0n) is 36.2. The van der Waals surface area contributed by atoms with Gasteiger partial charge in [-0.25, -0.2) is 0 Å². The highest BCUT2D eigenvalue weighted by molar-refractivity contribution is 5.27. The van der Waals surface area contributed by atoms with Crippen LogP contribution in [-0.4, -0.2) is 92.7 Å². The first kappa shape index (κ1) is 46.1. The molecule has 0 radical (unpaired) electrons. The van der Waals surface area contributed by atoms with E-state index >= 15 is 0 Å². The third-order valence-corrected chi connectivity index (χ3v) is 11.7. The summed E-state index contributed by atoms with van der Waals surface area (Å²) >= 11 is 0. The van der Waals surface area contributed by atoms with E-state index in [-0.39, 0.29) is 39.6 Å². The summed E-state index contributed by atoms with van der Waals surface area (Å²) in [6, 6.07) is 45.1. The molecule has 1 unspecified atom stereocenters. The molecule has 12 atom stereocenters. The van der Waals surface area contributed by atoms with Crippen molar-refractivity contribution in [2.75, 3.05) is 20.3 Å². The summed E-state index contributed by atoms with van der Waals surface area (Å²) in [5.74, 6) is 0.697. The van der Waals surface area contributed by atoms with Gasteiger partial charge in [-0.2, -0.15) is 0 Å². The Morgan fingerprint density at radius 2 is 1.09 bits per heavy atom. The first-order valence-electron chi connectivity index (χ1n) is 21.8. The molecule has 65 heavy (non-hydrogen) atoms. The number of nitrogens with zero attached hydrogens (tertiary/aromatic N) is 3. The Labute approximate surface area is 379 Å². The van der Waals surface area contributed by atoms with E-state index in [0.29, 0.717) is 5.75 Å². The first-order valence-corrected chi connectivity index (χ1v) is 21.8. The van der Waals surface area contributed by atoms with Crippen molar-refractivity contribution in [1.29, 1.82) is 0 Å². The zero-order valence-corrected chi connectivity index (χ0v) is 36.2. The summed E-state index contributed by atoms with van der Waals surface area (Å²) in [6.07, 6.45) is -8.96. The lowest BCUT2D eigenvalue weighted by Gasteiger charge is -2.52. The largest absolute Gasteiger partial charge is 0.497 e. The van der Waals surface area contributed by atoms with Crippen LogP contribution in [-0.2, 0) is 69.1 Å². The molecule has 1 aliphatic carbocycles. The van der Waals surface area contributed by atoms with Crippen LogP contribution in [0.25, 0.3) is 10.4 Å². The Hall–Kier alpha value is -5.45. The summed E-state index contributed by atoms with van der Waals surface area (Å²) in [6.45, 7) is 4.85. The molecule has 14 nitrogen and oxygen atoms in total. The molecule has 2 saturated heterocycles. The number of rotatable bonds is 20. The van der Waals surface area contributed by atoms with E-state index in [4.69, 9.17) is 47.4 Å². The van der Waals surface area contributed by atoms with Crippen LogP contribution in [0, 0.1) is 0 Å². The molecule has 3 aliphatic rings. The van der Waals surface area contributed by atoms with Gasteiger partial charge in [0.2, 0.25) is 0 Å². The number of aliphatic hydroxyl groups is 1. The summed E-state index contributed by atoms with van der Waals surface area (Å²) in [5, 5.41) is 16.1. The predicted molar refractivity (Wildman–Crippen MR) is 239 cm³/mol. The van der Waals surface area contributed by atoms with E-state index in [0.717, 1.165) is 27.8 Å². The van der Waals surface area contributed by atoms with E-state index in [1.54, 1.807) is 13.2 Å².